The number of hydrogen-bond donors (Lipinski definition) is 0. The number of hydrogen-bond acceptors (Lipinski definition) is 9. The second-order valence-electron chi connectivity index (χ2n) is 5.94. The number of rotatable bonds is 6. The van der Waals surface area contributed by atoms with Gasteiger partial charge in [-0.1, -0.05) is 0 Å². The molecule has 0 amide bonds. The summed E-state index contributed by atoms with van der Waals surface area (Å²) in [5.74, 6) is 5.62. The van der Waals surface area contributed by atoms with Gasteiger partial charge in [-0.25, -0.2) is 0 Å². The van der Waals surface area contributed by atoms with Gasteiger partial charge in [0.15, 0.2) is 0 Å². The van der Waals surface area contributed by atoms with E-state index in [1.54, 1.807) is 4.37 Å². The van der Waals surface area contributed by atoms with Gasteiger partial charge in [0.05, 0.1) is 0 Å². The maximum absolute atomic E-state index is 2.85. The first-order valence-corrected chi connectivity index (χ1v) is 31.7. The molecule has 0 aliphatic carbocycles. The van der Waals surface area contributed by atoms with E-state index in [1.165, 1.54) is 55.1 Å². The Morgan fingerprint density at radius 1 is 0.696 bits per heavy atom. The average molecular weight is 590 g/mol. The van der Waals surface area contributed by atoms with E-state index in [1.807, 2.05) is 0 Å². The first kappa shape index (κ1) is 20.2. The average Bonchev–Trinajstić information content (AvgIpc) is 2.40. The van der Waals surface area contributed by atoms with Crippen LogP contribution in [0.1, 0.15) is 32.1 Å². The molecular formula is C13H23S9Sb. The second kappa shape index (κ2) is 9.19. The summed E-state index contributed by atoms with van der Waals surface area (Å²) in [5, 5.41) is 0. The van der Waals surface area contributed by atoms with Crippen molar-refractivity contribution in [2.75, 3.05) is 23.0 Å². The zero-order valence-electron chi connectivity index (χ0n) is 12.9. The fraction of sp³-hybridized carbons (Fsp3) is 1.00. The van der Waals surface area contributed by atoms with Crippen molar-refractivity contribution in [3.05, 3.63) is 0 Å². The van der Waals surface area contributed by atoms with Gasteiger partial charge < -0.3 is 0 Å². The van der Waals surface area contributed by atoms with Gasteiger partial charge in [-0.15, -0.1) is 0 Å². The SMILES string of the molecule is C1C[CH2][Sb]([S]C2CCS2)([S]C2CCS2)([S]C2CCS2)[S]SSC1. The molecule has 10 heteroatoms. The molecule has 0 bridgehead atoms. The topological polar surface area (TPSA) is 0 Å². The van der Waals surface area contributed by atoms with Crippen molar-refractivity contribution in [2.45, 2.75) is 50.2 Å². The predicted octanol–water partition coefficient (Wildman–Crippen LogP) is 7.79. The number of thioether (sulfide) groups is 3. The van der Waals surface area contributed by atoms with Crippen LogP contribution in [0.2, 0.25) is 4.37 Å². The quantitative estimate of drug-likeness (QED) is 0.223. The van der Waals surface area contributed by atoms with E-state index in [0.717, 1.165) is 13.7 Å². The van der Waals surface area contributed by atoms with Crippen LogP contribution in [0.4, 0.5) is 0 Å². The van der Waals surface area contributed by atoms with Gasteiger partial charge >= 0.3 is 175 Å². The van der Waals surface area contributed by atoms with Crippen LogP contribution >= 0.6 is 90.3 Å². The van der Waals surface area contributed by atoms with E-state index < -0.39 is 11.8 Å². The molecule has 4 aliphatic heterocycles. The molecule has 3 unspecified atom stereocenters. The van der Waals surface area contributed by atoms with Crippen LogP contribution in [-0.2, 0) is 0 Å². The fourth-order valence-corrected chi connectivity index (χ4v) is 121. The van der Waals surface area contributed by atoms with Gasteiger partial charge in [-0.3, -0.25) is 0 Å². The van der Waals surface area contributed by atoms with E-state index in [9.17, 15) is 0 Å². The molecule has 0 spiro atoms. The molecule has 23 heavy (non-hydrogen) atoms. The zero-order valence-corrected chi connectivity index (χ0v) is 22.8. The maximum atomic E-state index is 2.57. The van der Waals surface area contributed by atoms with E-state index in [-0.39, 0.29) is 0 Å². The molecule has 0 radical (unpaired) electrons. The summed E-state index contributed by atoms with van der Waals surface area (Å²) < 4.78 is 4.40. The Morgan fingerprint density at radius 2 is 1.22 bits per heavy atom. The fourth-order valence-electron chi connectivity index (χ4n) is 2.54. The third-order valence-electron chi connectivity index (χ3n) is 4.16. The van der Waals surface area contributed by atoms with Crippen molar-refractivity contribution in [1.29, 1.82) is 0 Å². The Kier molecular flexibility index (Phi) is 8.09. The first-order valence-electron chi connectivity index (χ1n) is 8.17. The molecule has 0 nitrogen and oxygen atoms in total. The van der Waals surface area contributed by atoms with E-state index >= 15 is 0 Å². The van der Waals surface area contributed by atoms with Gasteiger partial charge in [0.25, 0.3) is 0 Å². The summed E-state index contributed by atoms with van der Waals surface area (Å²) in [6.45, 7) is 0. The van der Waals surface area contributed by atoms with Crippen LogP contribution in [0.25, 0.3) is 0 Å². The molecule has 0 saturated carbocycles. The Bertz CT molecular complexity index is 355. The molecule has 0 aromatic carbocycles. The van der Waals surface area contributed by atoms with Crippen molar-refractivity contribution in [2.24, 2.45) is 0 Å². The Balaban J connectivity index is 1.59. The van der Waals surface area contributed by atoms with Crippen molar-refractivity contribution < 1.29 is 0 Å². The van der Waals surface area contributed by atoms with Crippen molar-refractivity contribution in [1.82, 2.24) is 0 Å². The molecule has 0 aromatic rings. The van der Waals surface area contributed by atoms with Crippen molar-refractivity contribution >= 4 is 102 Å². The molecule has 0 aromatic heterocycles. The minimum absolute atomic E-state index is 0.935. The summed E-state index contributed by atoms with van der Waals surface area (Å²) in [6.07, 6.45) is 7.39. The molecule has 3 atom stereocenters. The molecule has 4 rings (SSSR count). The summed E-state index contributed by atoms with van der Waals surface area (Å²) in [5.41, 5.74) is 0. The van der Waals surface area contributed by atoms with E-state index in [4.69, 9.17) is 0 Å². The van der Waals surface area contributed by atoms with Crippen molar-refractivity contribution in [3.63, 3.8) is 0 Å². The first-order chi connectivity index (χ1) is 11.3. The Labute approximate surface area is 172 Å². The van der Waals surface area contributed by atoms with Crippen molar-refractivity contribution in [3.8, 4) is 0 Å². The molecule has 4 fully saturated rings. The monoisotopic (exact) mass is 588 g/mol. The van der Waals surface area contributed by atoms with Gasteiger partial charge in [0.2, 0.25) is 0 Å². The third kappa shape index (κ3) is 5.12. The molecule has 0 N–H and O–H groups in total. The van der Waals surface area contributed by atoms with Crippen LogP contribution in [0, 0.1) is 0 Å². The van der Waals surface area contributed by atoms with Crippen LogP contribution in [0.5, 0.6) is 0 Å². The van der Waals surface area contributed by atoms with Gasteiger partial charge in [0.1, 0.15) is 0 Å². The molecular weight excluding hydrogens is 567 g/mol. The van der Waals surface area contributed by atoms with E-state index in [0.29, 0.717) is 0 Å². The summed E-state index contributed by atoms with van der Waals surface area (Å²) in [4.78, 5) is 0. The molecule has 134 valence electrons. The second-order valence-corrected chi connectivity index (χ2v) is 63.8. The van der Waals surface area contributed by atoms with Gasteiger partial charge in [-0.05, 0) is 0 Å². The summed E-state index contributed by atoms with van der Waals surface area (Å²) in [7, 11) is 14.5. The standard InChI is InChI=1S/C4H9S3.3C3H6S2.Sb/c1-2-3-4-6-7-5;3*4-3-1-2-5-3;/h5H,1-4H2;3*3-4H,1-2H2;/q;;;;+4/p-4. The zero-order chi connectivity index (χ0) is 15.6. The predicted molar refractivity (Wildman–Crippen MR) is 133 cm³/mol. The molecule has 4 aliphatic rings. The third-order valence-corrected chi connectivity index (χ3v) is 83.7. The molecule has 4 heterocycles. The normalized spacial score (nSPS) is 41.0. The van der Waals surface area contributed by atoms with E-state index in [2.05, 4.69) is 90.3 Å². The van der Waals surface area contributed by atoms with Crippen LogP contribution in [-0.4, -0.2) is 48.5 Å². The summed E-state index contributed by atoms with van der Waals surface area (Å²) >= 11 is 3.92. The summed E-state index contributed by atoms with van der Waals surface area (Å²) in [6, 6.07) is 0. The van der Waals surface area contributed by atoms with Gasteiger partial charge in [-0.2, -0.15) is 0 Å². The van der Waals surface area contributed by atoms with Gasteiger partial charge in [0, 0.05) is 0 Å². The van der Waals surface area contributed by atoms with Crippen LogP contribution in [0.15, 0.2) is 0 Å². The Hall–Kier alpha value is 3.97. The minimum atomic E-state index is -2.85. The Morgan fingerprint density at radius 3 is 1.65 bits per heavy atom. The molecule has 4 saturated heterocycles. The van der Waals surface area contributed by atoms with Crippen LogP contribution in [0.3, 0.4) is 0 Å². The van der Waals surface area contributed by atoms with Crippen LogP contribution < -0.4 is 0 Å².